The van der Waals surface area contributed by atoms with Crippen LogP contribution in [-0.2, 0) is 19.6 Å². The van der Waals surface area contributed by atoms with Crippen LogP contribution in [0.1, 0.15) is 44.8 Å². The highest BCUT2D eigenvalue weighted by molar-refractivity contribution is 7.89. The van der Waals surface area contributed by atoms with Crippen LogP contribution in [0.15, 0.2) is 59.5 Å². The minimum atomic E-state index is -3.57. The maximum Gasteiger partial charge on any atom is 0.331 e. The van der Waals surface area contributed by atoms with Crippen LogP contribution in [-0.4, -0.2) is 41.3 Å². The number of alkyl halides is 2. The number of rotatable bonds is 9. The fraction of sp³-hybridized carbons (Fsp3) is 0.304. The highest BCUT2D eigenvalue weighted by Crippen LogP contribution is 2.28. The predicted octanol–water partition coefficient (Wildman–Crippen LogP) is 4.78. The standard InChI is InChI=1S/C23H25F2N3O4S/c1-4-27(5-2)33(30,31)18-13-10-17(11-14-18)12-15-21(29)32-16(3)22-26-19-8-6-7-9-20(19)28(22)23(24)25/h6-16,23H,4-5H2,1-3H3/b15-12+. The van der Waals surface area contributed by atoms with E-state index in [4.69, 9.17) is 4.74 Å². The molecule has 1 atom stereocenters. The second-order valence-corrected chi connectivity index (χ2v) is 9.12. The van der Waals surface area contributed by atoms with E-state index < -0.39 is 28.6 Å². The molecule has 0 bridgehead atoms. The SMILES string of the molecule is CCN(CC)S(=O)(=O)c1ccc(/C=C/C(=O)OC(C)c2nc3ccccc3n2C(F)F)cc1. The van der Waals surface area contributed by atoms with Gasteiger partial charge in [-0.3, -0.25) is 4.57 Å². The predicted molar refractivity (Wildman–Crippen MR) is 121 cm³/mol. The summed E-state index contributed by atoms with van der Waals surface area (Å²) in [4.78, 5) is 16.6. The molecule has 0 amide bonds. The van der Waals surface area contributed by atoms with E-state index in [1.54, 1.807) is 44.2 Å². The molecule has 10 heteroatoms. The number of ether oxygens (including phenoxy) is 1. The molecule has 0 aliphatic carbocycles. The molecule has 0 aliphatic rings. The Labute approximate surface area is 191 Å². The Morgan fingerprint density at radius 1 is 1.12 bits per heavy atom. The van der Waals surface area contributed by atoms with Crippen molar-refractivity contribution in [1.29, 1.82) is 0 Å². The number of fused-ring (bicyclic) bond motifs is 1. The third-order valence-corrected chi connectivity index (χ3v) is 7.17. The van der Waals surface area contributed by atoms with E-state index in [1.807, 2.05) is 0 Å². The van der Waals surface area contributed by atoms with Crippen molar-refractivity contribution >= 4 is 33.1 Å². The lowest BCUT2D eigenvalue weighted by Crippen LogP contribution is -2.30. The summed E-state index contributed by atoms with van der Waals surface area (Å²) in [7, 11) is -3.57. The van der Waals surface area contributed by atoms with Gasteiger partial charge in [0.05, 0.1) is 15.9 Å². The van der Waals surface area contributed by atoms with E-state index in [2.05, 4.69) is 4.98 Å². The van der Waals surface area contributed by atoms with Gasteiger partial charge in [0.25, 0.3) is 0 Å². The first-order valence-electron chi connectivity index (χ1n) is 10.4. The zero-order valence-corrected chi connectivity index (χ0v) is 19.3. The molecule has 0 saturated carbocycles. The number of aromatic nitrogens is 2. The van der Waals surface area contributed by atoms with E-state index in [1.165, 1.54) is 35.5 Å². The quantitative estimate of drug-likeness (QED) is 0.327. The average Bonchev–Trinajstić information content (AvgIpc) is 3.19. The van der Waals surface area contributed by atoms with Crippen molar-refractivity contribution in [3.05, 3.63) is 66.0 Å². The fourth-order valence-corrected chi connectivity index (χ4v) is 4.91. The number of hydrogen-bond donors (Lipinski definition) is 0. The Bertz CT molecular complexity index is 1250. The molecular formula is C23H25F2N3O4S. The Morgan fingerprint density at radius 3 is 2.36 bits per heavy atom. The van der Waals surface area contributed by atoms with Crippen LogP contribution < -0.4 is 0 Å². The molecule has 1 aromatic heterocycles. The highest BCUT2D eigenvalue weighted by atomic mass is 32.2. The van der Waals surface area contributed by atoms with Gasteiger partial charge >= 0.3 is 12.5 Å². The van der Waals surface area contributed by atoms with E-state index in [0.717, 1.165) is 10.6 Å². The van der Waals surface area contributed by atoms with Gasteiger partial charge in [0.2, 0.25) is 10.0 Å². The van der Waals surface area contributed by atoms with Crippen molar-refractivity contribution < 1.29 is 26.7 Å². The molecule has 0 N–H and O–H groups in total. The van der Waals surface area contributed by atoms with Crippen molar-refractivity contribution in [2.24, 2.45) is 0 Å². The molecule has 3 rings (SSSR count). The number of carbonyl (C=O) groups is 1. The van der Waals surface area contributed by atoms with Gasteiger partial charge in [0, 0.05) is 19.2 Å². The van der Waals surface area contributed by atoms with Crippen molar-refractivity contribution in [1.82, 2.24) is 13.9 Å². The first-order valence-corrected chi connectivity index (χ1v) is 11.9. The normalized spacial score (nSPS) is 13.3. The summed E-state index contributed by atoms with van der Waals surface area (Å²) in [5.74, 6) is -0.797. The number of esters is 1. The molecule has 0 aliphatic heterocycles. The minimum Gasteiger partial charge on any atom is -0.451 e. The lowest BCUT2D eigenvalue weighted by molar-refractivity contribution is -0.143. The van der Waals surface area contributed by atoms with Gasteiger partial charge in [-0.25, -0.2) is 18.2 Å². The number of benzene rings is 2. The summed E-state index contributed by atoms with van der Waals surface area (Å²) in [5.41, 5.74) is 1.21. The average molecular weight is 478 g/mol. The third kappa shape index (κ3) is 5.28. The van der Waals surface area contributed by atoms with Crippen molar-refractivity contribution in [3.63, 3.8) is 0 Å². The maximum atomic E-state index is 13.6. The fourth-order valence-electron chi connectivity index (χ4n) is 3.45. The number of halogens is 2. The van der Waals surface area contributed by atoms with Crippen LogP contribution in [0.4, 0.5) is 8.78 Å². The maximum absolute atomic E-state index is 13.6. The molecule has 1 unspecified atom stereocenters. The zero-order valence-electron chi connectivity index (χ0n) is 18.5. The van der Waals surface area contributed by atoms with Gasteiger partial charge in [0.15, 0.2) is 11.9 Å². The molecule has 0 saturated heterocycles. The lowest BCUT2D eigenvalue weighted by Gasteiger charge is -2.18. The number of para-hydroxylation sites is 2. The first kappa shape index (κ1) is 24.5. The molecular weight excluding hydrogens is 452 g/mol. The number of nitrogens with zero attached hydrogens (tertiary/aromatic N) is 3. The Morgan fingerprint density at radius 2 is 1.76 bits per heavy atom. The van der Waals surface area contributed by atoms with Crippen LogP contribution in [0.5, 0.6) is 0 Å². The molecule has 0 spiro atoms. The van der Waals surface area contributed by atoms with Crippen LogP contribution in [0.2, 0.25) is 0 Å². The Hall–Kier alpha value is -3.11. The molecule has 2 aromatic carbocycles. The topological polar surface area (TPSA) is 81.5 Å². The lowest BCUT2D eigenvalue weighted by atomic mass is 10.2. The smallest absolute Gasteiger partial charge is 0.331 e. The summed E-state index contributed by atoms with van der Waals surface area (Å²) >= 11 is 0. The summed E-state index contributed by atoms with van der Waals surface area (Å²) in [5, 5.41) is 0. The van der Waals surface area contributed by atoms with Gasteiger partial charge < -0.3 is 4.74 Å². The second kappa shape index (κ2) is 10.2. The van der Waals surface area contributed by atoms with Gasteiger partial charge in [0.1, 0.15) is 0 Å². The van der Waals surface area contributed by atoms with Crippen molar-refractivity contribution in [3.8, 4) is 0 Å². The van der Waals surface area contributed by atoms with E-state index >= 15 is 0 Å². The summed E-state index contributed by atoms with van der Waals surface area (Å²) in [6.45, 7) is 2.89. The monoisotopic (exact) mass is 477 g/mol. The molecule has 176 valence electrons. The molecule has 33 heavy (non-hydrogen) atoms. The van der Waals surface area contributed by atoms with Crippen LogP contribution in [0, 0.1) is 0 Å². The summed E-state index contributed by atoms with van der Waals surface area (Å²) < 4.78 is 59.6. The largest absolute Gasteiger partial charge is 0.451 e. The van der Waals surface area contributed by atoms with Crippen LogP contribution in [0.3, 0.4) is 0 Å². The molecule has 7 nitrogen and oxygen atoms in total. The molecule has 3 aromatic rings. The van der Waals surface area contributed by atoms with E-state index in [9.17, 15) is 22.0 Å². The van der Waals surface area contributed by atoms with Gasteiger partial charge in [-0.2, -0.15) is 13.1 Å². The van der Waals surface area contributed by atoms with E-state index in [-0.39, 0.29) is 16.2 Å². The summed E-state index contributed by atoms with van der Waals surface area (Å²) in [6, 6.07) is 12.5. The Kier molecular flexibility index (Phi) is 7.60. The first-order chi connectivity index (χ1) is 15.7. The molecule has 1 heterocycles. The number of sulfonamides is 1. The van der Waals surface area contributed by atoms with Crippen molar-refractivity contribution in [2.45, 2.75) is 38.3 Å². The van der Waals surface area contributed by atoms with Gasteiger partial charge in [-0.15, -0.1) is 0 Å². The number of carbonyl (C=O) groups excluding carboxylic acids is 1. The Balaban J connectivity index is 1.72. The highest BCUT2D eigenvalue weighted by Gasteiger charge is 2.24. The number of hydrogen-bond acceptors (Lipinski definition) is 5. The molecule has 0 radical (unpaired) electrons. The zero-order chi connectivity index (χ0) is 24.2. The minimum absolute atomic E-state index is 0.0566. The second-order valence-electron chi connectivity index (χ2n) is 7.18. The van der Waals surface area contributed by atoms with Gasteiger partial charge in [-0.05, 0) is 42.8 Å². The van der Waals surface area contributed by atoms with Crippen LogP contribution in [0.25, 0.3) is 17.1 Å². The molecule has 0 fully saturated rings. The van der Waals surface area contributed by atoms with Gasteiger partial charge in [-0.1, -0.05) is 38.1 Å². The summed E-state index contributed by atoms with van der Waals surface area (Å²) in [6.07, 6.45) is 1.60. The third-order valence-electron chi connectivity index (χ3n) is 5.11. The van der Waals surface area contributed by atoms with Crippen molar-refractivity contribution in [2.75, 3.05) is 13.1 Å². The van der Waals surface area contributed by atoms with Crippen LogP contribution >= 0.6 is 0 Å². The number of imidazole rings is 1. The van der Waals surface area contributed by atoms with E-state index in [0.29, 0.717) is 24.2 Å².